The van der Waals surface area contributed by atoms with Gasteiger partial charge in [-0.15, -0.1) is 0 Å². The monoisotopic (exact) mass is 452 g/mol. The Balaban J connectivity index is 2.03. The molecule has 1 amide bonds. The number of nitrogens with zero attached hydrogens (tertiary/aromatic N) is 2. The summed E-state index contributed by atoms with van der Waals surface area (Å²) >= 11 is 0. The predicted octanol–water partition coefficient (Wildman–Crippen LogP) is 4.39. The summed E-state index contributed by atoms with van der Waals surface area (Å²) in [6.45, 7) is 6.60. The standard InChI is InChI=1S/C25H28N2O6/c1-4-17-6-8-18(9-7-17)22-21(23(28)19-10-12-20(13-11-19)27(31)32)24(29)25(30)26(22)14-5-15-33-16(2)3/h6-13,16,22,28H,4-5,14-15H2,1-3H3/t22-/m1/s1. The molecule has 0 radical (unpaired) electrons. The van der Waals surface area contributed by atoms with Gasteiger partial charge < -0.3 is 14.7 Å². The molecule has 8 heteroatoms. The van der Waals surface area contributed by atoms with Crippen LogP contribution < -0.4 is 0 Å². The van der Waals surface area contributed by atoms with Gasteiger partial charge in [0.2, 0.25) is 0 Å². The van der Waals surface area contributed by atoms with E-state index in [0.717, 1.165) is 12.0 Å². The van der Waals surface area contributed by atoms with E-state index >= 15 is 0 Å². The second-order valence-electron chi connectivity index (χ2n) is 8.16. The van der Waals surface area contributed by atoms with Gasteiger partial charge in [0.15, 0.2) is 0 Å². The van der Waals surface area contributed by atoms with Crippen molar-refractivity contribution >= 4 is 23.1 Å². The molecule has 0 aromatic heterocycles. The first-order valence-electron chi connectivity index (χ1n) is 11.0. The minimum absolute atomic E-state index is 0.0251. The number of carbonyl (C=O) groups excluding carboxylic acids is 2. The number of hydrogen-bond donors (Lipinski definition) is 1. The number of aryl methyl sites for hydroxylation is 1. The van der Waals surface area contributed by atoms with Crippen LogP contribution in [0.2, 0.25) is 0 Å². The number of ketones is 1. The number of benzene rings is 2. The number of hydrogen-bond acceptors (Lipinski definition) is 6. The molecule has 1 N–H and O–H groups in total. The number of amides is 1. The second kappa shape index (κ2) is 10.4. The number of aliphatic hydroxyl groups is 1. The molecule has 1 atom stereocenters. The molecule has 1 aliphatic rings. The van der Waals surface area contributed by atoms with Crippen LogP contribution >= 0.6 is 0 Å². The van der Waals surface area contributed by atoms with Crippen molar-refractivity contribution < 1.29 is 24.4 Å². The lowest BCUT2D eigenvalue weighted by molar-refractivity contribution is -0.384. The number of likely N-dealkylation sites (tertiary alicyclic amines) is 1. The van der Waals surface area contributed by atoms with Gasteiger partial charge in [0.05, 0.1) is 22.6 Å². The summed E-state index contributed by atoms with van der Waals surface area (Å²) in [5.41, 5.74) is 1.89. The topological polar surface area (TPSA) is 110 Å². The van der Waals surface area contributed by atoms with Crippen LogP contribution in [0.1, 0.15) is 49.9 Å². The Morgan fingerprint density at radius 1 is 1.12 bits per heavy atom. The maximum atomic E-state index is 13.0. The summed E-state index contributed by atoms with van der Waals surface area (Å²) in [5.74, 6) is -1.82. The fourth-order valence-corrected chi connectivity index (χ4v) is 3.84. The van der Waals surface area contributed by atoms with Crippen LogP contribution in [0.4, 0.5) is 5.69 Å². The van der Waals surface area contributed by atoms with Crippen molar-refractivity contribution in [2.75, 3.05) is 13.2 Å². The zero-order valence-electron chi connectivity index (χ0n) is 19.0. The van der Waals surface area contributed by atoms with E-state index in [1.807, 2.05) is 45.0 Å². The van der Waals surface area contributed by atoms with Gasteiger partial charge in [-0.3, -0.25) is 19.7 Å². The van der Waals surface area contributed by atoms with Crippen LogP contribution in [0.25, 0.3) is 5.76 Å². The van der Waals surface area contributed by atoms with Crippen LogP contribution in [0.15, 0.2) is 54.1 Å². The van der Waals surface area contributed by atoms with Crippen molar-refractivity contribution in [2.45, 2.75) is 45.8 Å². The molecule has 2 aromatic rings. The molecule has 174 valence electrons. The summed E-state index contributed by atoms with van der Waals surface area (Å²) < 4.78 is 5.57. The van der Waals surface area contributed by atoms with Crippen molar-refractivity contribution in [1.29, 1.82) is 0 Å². The van der Waals surface area contributed by atoms with Gasteiger partial charge in [0, 0.05) is 30.8 Å². The average molecular weight is 453 g/mol. The SMILES string of the molecule is CCc1ccc([C@@H]2C(=C(O)c3ccc([N+](=O)[O-])cc3)C(=O)C(=O)N2CCCOC(C)C)cc1. The third-order valence-corrected chi connectivity index (χ3v) is 5.59. The van der Waals surface area contributed by atoms with Gasteiger partial charge in [-0.2, -0.15) is 0 Å². The molecule has 2 aromatic carbocycles. The first-order chi connectivity index (χ1) is 15.7. The van der Waals surface area contributed by atoms with E-state index in [-0.39, 0.29) is 35.2 Å². The highest BCUT2D eigenvalue weighted by atomic mass is 16.6. The van der Waals surface area contributed by atoms with Gasteiger partial charge >= 0.3 is 0 Å². The summed E-state index contributed by atoms with van der Waals surface area (Å²) in [7, 11) is 0. The third-order valence-electron chi connectivity index (χ3n) is 5.59. The van der Waals surface area contributed by atoms with Crippen LogP contribution in [0.3, 0.4) is 0 Å². The summed E-state index contributed by atoms with van der Waals surface area (Å²) in [6, 6.07) is 12.1. The predicted molar refractivity (Wildman–Crippen MR) is 124 cm³/mol. The number of nitro groups is 1. The second-order valence-corrected chi connectivity index (χ2v) is 8.16. The van der Waals surface area contributed by atoms with Crippen LogP contribution in [0, 0.1) is 10.1 Å². The van der Waals surface area contributed by atoms with Crippen molar-refractivity contribution in [3.05, 3.63) is 80.9 Å². The molecule has 1 fully saturated rings. The minimum Gasteiger partial charge on any atom is -0.507 e. The first kappa shape index (κ1) is 24.1. The van der Waals surface area contributed by atoms with Crippen LogP contribution in [0.5, 0.6) is 0 Å². The molecule has 33 heavy (non-hydrogen) atoms. The quantitative estimate of drug-likeness (QED) is 0.151. The number of non-ortho nitro benzene ring substituents is 1. The average Bonchev–Trinajstić information content (AvgIpc) is 3.06. The van der Waals surface area contributed by atoms with Crippen molar-refractivity contribution in [3.63, 3.8) is 0 Å². The number of ether oxygens (including phenoxy) is 1. The van der Waals surface area contributed by atoms with Crippen LogP contribution in [-0.2, 0) is 20.7 Å². The first-order valence-corrected chi connectivity index (χ1v) is 11.0. The zero-order chi connectivity index (χ0) is 24.1. The highest BCUT2D eigenvalue weighted by molar-refractivity contribution is 6.46. The van der Waals surface area contributed by atoms with E-state index in [1.165, 1.54) is 29.2 Å². The van der Waals surface area contributed by atoms with E-state index < -0.39 is 22.7 Å². The van der Waals surface area contributed by atoms with Crippen molar-refractivity contribution in [2.24, 2.45) is 0 Å². The Labute approximate surface area is 192 Å². The van der Waals surface area contributed by atoms with E-state index in [1.54, 1.807) is 0 Å². The molecule has 1 saturated heterocycles. The van der Waals surface area contributed by atoms with E-state index in [4.69, 9.17) is 4.74 Å². The highest BCUT2D eigenvalue weighted by Gasteiger charge is 2.45. The normalized spacial score (nSPS) is 17.7. The fraction of sp³-hybridized carbons (Fsp3) is 0.360. The summed E-state index contributed by atoms with van der Waals surface area (Å²) in [6.07, 6.45) is 1.43. The van der Waals surface area contributed by atoms with Crippen molar-refractivity contribution in [3.8, 4) is 0 Å². The lowest BCUT2D eigenvalue weighted by Crippen LogP contribution is -2.31. The molecule has 0 bridgehead atoms. The summed E-state index contributed by atoms with van der Waals surface area (Å²) in [4.78, 5) is 37.8. The Kier molecular flexibility index (Phi) is 7.60. The van der Waals surface area contributed by atoms with Gasteiger partial charge in [-0.05, 0) is 49.9 Å². The Hall–Kier alpha value is -3.52. The third kappa shape index (κ3) is 5.28. The Morgan fingerprint density at radius 3 is 2.30 bits per heavy atom. The zero-order valence-corrected chi connectivity index (χ0v) is 19.0. The minimum atomic E-state index is -0.778. The van der Waals surface area contributed by atoms with Gasteiger partial charge in [0.1, 0.15) is 5.76 Å². The Morgan fingerprint density at radius 2 is 1.76 bits per heavy atom. The maximum Gasteiger partial charge on any atom is 0.295 e. The van der Waals surface area contributed by atoms with Crippen molar-refractivity contribution in [1.82, 2.24) is 4.90 Å². The largest absolute Gasteiger partial charge is 0.507 e. The molecule has 0 aliphatic carbocycles. The maximum absolute atomic E-state index is 13.0. The van der Waals surface area contributed by atoms with Crippen LogP contribution in [-0.4, -0.2) is 45.9 Å². The number of rotatable bonds is 9. The van der Waals surface area contributed by atoms with E-state index in [0.29, 0.717) is 18.6 Å². The molecule has 3 rings (SSSR count). The molecule has 0 saturated carbocycles. The van der Waals surface area contributed by atoms with Gasteiger partial charge in [-0.1, -0.05) is 31.2 Å². The molecular weight excluding hydrogens is 424 g/mol. The molecular formula is C25H28N2O6. The van der Waals surface area contributed by atoms with Gasteiger partial charge in [-0.25, -0.2) is 0 Å². The lowest BCUT2D eigenvalue weighted by Gasteiger charge is -2.25. The van der Waals surface area contributed by atoms with E-state index in [2.05, 4.69) is 0 Å². The smallest absolute Gasteiger partial charge is 0.295 e. The highest BCUT2D eigenvalue weighted by Crippen LogP contribution is 2.39. The molecule has 1 aliphatic heterocycles. The fourth-order valence-electron chi connectivity index (χ4n) is 3.84. The van der Waals surface area contributed by atoms with Gasteiger partial charge in [0.25, 0.3) is 17.4 Å². The molecule has 1 heterocycles. The number of carbonyl (C=O) groups is 2. The molecule has 8 nitrogen and oxygen atoms in total. The molecule has 0 spiro atoms. The lowest BCUT2D eigenvalue weighted by atomic mass is 9.94. The number of nitro benzene ring substituents is 1. The summed E-state index contributed by atoms with van der Waals surface area (Å²) in [5, 5.41) is 22.0. The number of aliphatic hydroxyl groups excluding tert-OH is 1. The number of Topliss-reactive ketones (excluding diaryl/α,β-unsaturated/α-hetero) is 1. The molecule has 0 unspecified atom stereocenters. The van der Waals surface area contributed by atoms with E-state index in [9.17, 15) is 24.8 Å². The Bertz CT molecular complexity index is 1060.